The Labute approximate surface area is 132 Å². The van der Waals surface area contributed by atoms with Crippen LogP contribution in [-0.4, -0.2) is 11.7 Å². The second kappa shape index (κ2) is 7.57. The van der Waals surface area contributed by atoms with E-state index >= 15 is 0 Å². The van der Waals surface area contributed by atoms with Crippen LogP contribution in [0.15, 0.2) is 46.9 Å². The number of halogens is 2. The molecule has 2 rings (SSSR count). The first-order chi connectivity index (χ1) is 10.1. The Kier molecular flexibility index (Phi) is 5.76. The molecule has 2 aromatic rings. The zero-order chi connectivity index (χ0) is 15.2. The van der Waals surface area contributed by atoms with Gasteiger partial charge in [0.1, 0.15) is 11.6 Å². The maximum Gasteiger partial charge on any atom is 0.133 e. The lowest BCUT2D eigenvalue weighted by Gasteiger charge is -2.14. The van der Waals surface area contributed by atoms with Gasteiger partial charge >= 0.3 is 0 Å². The molecule has 1 atom stereocenters. The Balaban J connectivity index is 2.08. The van der Waals surface area contributed by atoms with E-state index in [-0.39, 0.29) is 5.82 Å². The van der Waals surface area contributed by atoms with Crippen LogP contribution in [0.5, 0.6) is 5.75 Å². The first kappa shape index (κ1) is 16.0. The highest BCUT2D eigenvalue weighted by molar-refractivity contribution is 9.10. The SMILES string of the molecule is CCCOc1ccc(C(O)Cc2cccc(F)c2)cc1Br. The third-order valence-electron chi connectivity index (χ3n) is 3.12. The van der Waals surface area contributed by atoms with Gasteiger partial charge < -0.3 is 9.84 Å². The Morgan fingerprint density at radius 2 is 2.05 bits per heavy atom. The minimum absolute atomic E-state index is 0.288. The summed E-state index contributed by atoms with van der Waals surface area (Å²) in [6.45, 7) is 2.70. The third kappa shape index (κ3) is 4.55. The van der Waals surface area contributed by atoms with Crippen molar-refractivity contribution in [1.29, 1.82) is 0 Å². The van der Waals surface area contributed by atoms with Crippen LogP contribution in [0.3, 0.4) is 0 Å². The number of ether oxygens (including phenoxy) is 1. The summed E-state index contributed by atoms with van der Waals surface area (Å²) in [5, 5.41) is 10.3. The van der Waals surface area contributed by atoms with Crippen molar-refractivity contribution in [2.24, 2.45) is 0 Å². The van der Waals surface area contributed by atoms with Crippen LogP contribution in [-0.2, 0) is 6.42 Å². The molecule has 0 amide bonds. The van der Waals surface area contributed by atoms with Crippen molar-refractivity contribution in [2.45, 2.75) is 25.9 Å². The minimum atomic E-state index is -0.677. The molecule has 0 aliphatic rings. The molecule has 0 saturated carbocycles. The maximum atomic E-state index is 13.1. The van der Waals surface area contributed by atoms with Crippen LogP contribution >= 0.6 is 15.9 Å². The van der Waals surface area contributed by atoms with E-state index in [1.165, 1.54) is 12.1 Å². The van der Waals surface area contributed by atoms with Gasteiger partial charge in [-0.1, -0.05) is 25.1 Å². The number of aliphatic hydroxyl groups excluding tert-OH is 1. The summed E-state index contributed by atoms with van der Waals surface area (Å²) in [5.74, 6) is 0.475. The van der Waals surface area contributed by atoms with Gasteiger partial charge in [0.25, 0.3) is 0 Å². The van der Waals surface area contributed by atoms with Gasteiger partial charge in [-0.2, -0.15) is 0 Å². The second-order valence-corrected chi connectivity index (χ2v) is 5.74. The summed E-state index contributed by atoms with van der Waals surface area (Å²) in [6.07, 6.45) is 0.638. The molecular formula is C17H18BrFO2. The van der Waals surface area contributed by atoms with E-state index in [2.05, 4.69) is 15.9 Å². The molecule has 0 heterocycles. The zero-order valence-corrected chi connectivity index (χ0v) is 13.4. The number of benzene rings is 2. The van der Waals surface area contributed by atoms with Crippen LogP contribution in [0.4, 0.5) is 4.39 Å². The van der Waals surface area contributed by atoms with Crippen molar-refractivity contribution >= 4 is 15.9 Å². The molecule has 4 heteroatoms. The molecule has 1 unspecified atom stereocenters. The molecule has 0 spiro atoms. The van der Waals surface area contributed by atoms with E-state index in [9.17, 15) is 9.50 Å². The number of aliphatic hydroxyl groups is 1. The monoisotopic (exact) mass is 352 g/mol. The molecule has 112 valence electrons. The molecule has 0 radical (unpaired) electrons. The predicted octanol–water partition coefficient (Wildman–Crippen LogP) is 4.65. The van der Waals surface area contributed by atoms with Gasteiger partial charge in [0.15, 0.2) is 0 Å². The Hall–Kier alpha value is -1.39. The average Bonchev–Trinajstić information content (AvgIpc) is 2.46. The standard InChI is InChI=1S/C17H18BrFO2/c1-2-8-21-17-7-6-13(11-15(17)18)16(20)10-12-4-3-5-14(19)9-12/h3-7,9,11,16,20H,2,8,10H2,1H3. The highest BCUT2D eigenvalue weighted by Gasteiger charge is 2.11. The summed E-state index contributed by atoms with van der Waals surface area (Å²) in [6, 6.07) is 11.8. The largest absolute Gasteiger partial charge is 0.492 e. The van der Waals surface area contributed by atoms with Crippen LogP contribution in [0.2, 0.25) is 0 Å². The van der Waals surface area contributed by atoms with Crippen molar-refractivity contribution in [3.05, 3.63) is 63.9 Å². The van der Waals surface area contributed by atoms with Gasteiger partial charge in [0.2, 0.25) is 0 Å². The highest BCUT2D eigenvalue weighted by atomic mass is 79.9. The molecule has 0 aromatic heterocycles. The Morgan fingerprint density at radius 3 is 2.71 bits per heavy atom. The highest BCUT2D eigenvalue weighted by Crippen LogP contribution is 2.29. The summed E-state index contributed by atoms with van der Waals surface area (Å²) in [5.41, 5.74) is 1.54. The quantitative estimate of drug-likeness (QED) is 0.819. The second-order valence-electron chi connectivity index (χ2n) is 4.89. The van der Waals surface area contributed by atoms with E-state index in [1.54, 1.807) is 12.1 Å². The molecular weight excluding hydrogens is 335 g/mol. The maximum absolute atomic E-state index is 13.1. The smallest absolute Gasteiger partial charge is 0.133 e. The van der Waals surface area contributed by atoms with Gasteiger partial charge in [-0.15, -0.1) is 0 Å². The summed E-state index contributed by atoms with van der Waals surface area (Å²) in [7, 11) is 0. The molecule has 0 bridgehead atoms. The number of rotatable bonds is 6. The predicted molar refractivity (Wildman–Crippen MR) is 85.0 cm³/mol. The van der Waals surface area contributed by atoms with Gasteiger partial charge in [0, 0.05) is 6.42 Å². The van der Waals surface area contributed by atoms with Crippen molar-refractivity contribution in [1.82, 2.24) is 0 Å². The van der Waals surface area contributed by atoms with Crippen molar-refractivity contribution in [2.75, 3.05) is 6.61 Å². The fraction of sp³-hybridized carbons (Fsp3) is 0.294. The first-order valence-electron chi connectivity index (χ1n) is 6.95. The molecule has 2 aromatic carbocycles. The van der Waals surface area contributed by atoms with E-state index in [1.807, 2.05) is 25.1 Å². The molecule has 0 saturated heterocycles. The van der Waals surface area contributed by atoms with Gasteiger partial charge in [0.05, 0.1) is 17.2 Å². The van der Waals surface area contributed by atoms with Gasteiger partial charge in [-0.25, -0.2) is 4.39 Å². The van der Waals surface area contributed by atoms with E-state index in [4.69, 9.17) is 4.74 Å². The normalized spacial score (nSPS) is 12.2. The summed E-state index contributed by atoms with van der Waals surface area (Å²) >= 11 is 3.45. The molecule has 0 aliphatic carbocycles. The fourth-order valence-electron chi connectivity index (χ4n) is 2.06. The van der Waals surface area contributed by atoms with Crippen molar-refractivity contribution < 1.29 is 14.2 Å². The lowest BCUT2D eigenvalue weighted by Crippen LogP contribution is -2.03. The molecule has 0 aliphatic heterocycles. The summed E-state index contributed by atoms with van der Waals surface area (Å²) < 4.78 is 19.5. The van der Waals surface area contributed by atoms with Crippen LogP contribution in [0, 0.1) is 5.82 Å². The van der Waals surface area contributed by atoms with Crippen LogP contribution in [0.25, 0.3) is 0 Å². The molecule has 21 heavy (non-hydrogen) atoms. The summed E-state index contributed by atoms with van der Waals surface area (Å²) in [4.78, 5) is 0. The topological polar surface area (TPSA) is 29.5 Å². The van der Waals surface area contributed by atoms with Crippen LogP contribution in [0.1, 0.15) is 30.6 Å². The van der Waals surface area contributed by atoms with Crippen LogP contribution < -0.4 is 4.74 Å². The fourth-order valence-corrected chi connectivity index (χ4v) is 2.57. The lowest BCUT2D eigenvalue weighted by molar-refractivity contribution is 0.178. The van der Waals surface area contributed by atoms with Gasteiger partial charge in [-0.3, -0.25) is 0 Å². The number of hydrogen-bond donors (Lipinski definition) is 1. The van der Waals surface area contributed by atoms with Crippen molar-refractivity contribution in [3.8, 4) is 5.75 Å². The van der Waals surface area contributed by atoms with Gasteiger partial charge in [-0.05, 0) is 57.7 Å². The van der Waals surface area contributed by atoms with Crippen molar-refractivity contribution in [3.63, 3.8) is 0 Å². The van der Waals surface area contributed by atoms with E-state index in [0.717, 1.165) is 27.8 Å². The lowest BCUT2D eigenvalue weighted by atomic mass is 10.0. The molecule has 2 nitrogen and oxygen atoms in total. The minimum Gasteiger partial charge on any atom is -0.492 e. The van der Waals surface area contributed by atoms with E-state index in [0.29, 0.717) is 13.0 Å². The Bertz CT molecular complexity index is 601. The van der Waals surface area contributed by atoms with E-state index < -0.39 is 6.10 Å². The molecule has 1 N–H and O–H groups in total. The third-order valence-corrected chi connectivity index (χ3v) is 3.74. The Morgan fingerprint density at radius 1 is 1.24 bits per heavy atom. The molecule has 0 fully saturated rings. The first-order valence-corrected chi connectivity index (χ1v) is 7.74. The number of hydrogen-bond acceptors (Lipinski definition) is 2. The average molecular weight is 353 g/mol. The zero-order valence-electron chi connectivity index (χ0n) is 11.9.